The topological polar surface area (TPSA) is 82.5 Å². The fraction of sp³-hybridized carbons (Fsp3) is 0.278. The lowest BCUT2D eigenvalue weighted by atomic mass is 9.53. The molecule has 1 spiro atoms. The zero-order valence-corrected chi connectivity index (χ0v) is 14.2. The van der Waals surface area contributed by atoms with Crippen LogP contribution in [0.25, 0.3) is 0 Å². The SMILES string of the molecule is CN1C(=O)[C@@]2(Cc3ccccc32)C(C)(c2ccc(C#N)s2)N=C1N. The first-order valence-electron chi connectivity index (χ1n) is 7.66. The van der Waals surface area contributed by atoms with Gasteiger partial charge in [0.2, 0.25) is 5.91 Å². The van der Waals surface area contributed by atoms with Gasteiger partial charge in [-0.05, 0) is 36.6 Å². The van der Waals surface area contributed by atoms with E-state index in [2.05, 4.69) is 6.07 Å². The minimum absolute atomic E-state index is 0.0388. The van der Waals surface area contributed by atoms with Gasteiger partial charge in [-0.3, -0.25) is 9.69 Å². The standard InChI is InChI=1S/C18H16N4OS/c1-17(14-8-7-12(10-19)24-14)18(15(23)22(2)16(20)21-17)9-11-5-3-4-6-13(11)18/h3-8H,9H2,1-2H3,(H2,20,21)/t17?,18-/m0/s1. The van der Waals surface area contributed by atoms with Crippen LogP contribution in [0, 0.1) is 11.3 Å². The predicted molar refractivity (Wildman–Crippen MR) is 92.6 cm³/mol. The zero-order valence-electron chi connectivity index (χ0n) is 13.4. The lowest BCUT2D eigenvalue weighted by Gasteiger charge is -2.55. The number of nitrogens with zero attached hydrogens (tertiary/aromatic N) is 3. The number of nitriles is 1. The smallest absolute Gasteiger partial charge is 0.242 e. The molecule has 2 N–H and O–H groups in total. The van der Waals surface area contributed by atoms with Crippen LogP contribution in [0.5, 0.6) is 0 Å². The van der Waals surface area contributed by atoms with Crippen LogP contribution in [0.1, 0.15) is 27.8 Å². The fourth-order valence-electron chi connectivity index (χ4n) is 3.91. The minimum atomic E-state index is -0.811. The van der Waals surface area contributed by atoms with Crippen molar-refractivity contribution in [1.82, 2.24) is 4.90 Å². The maximum absolute atomic E-state index is 13.3. The van der Waals surface area contributed by atoms with Gasteiger partial charge in [0.1, 0.15) is 21.9 Å². The molecule has 0 saturated carbocycles. The normalized spacial score (nSPS) is 28.1. The van der Waals surface area contributed by atoms with Gasteiger partial charge < -0.3 is 5.73 Å². The second-order valence-corrected chi connectivity index (χ2v) is 7.51. The molecule has 0 fully saturated rings. The molecule has 5 nitrogen and oxygen atoms in total. The Kier molecular flexibility index (Phi) is 2.91. The van der Waals surface area contributed by atoms with Crippen LogP contribution in [-0.4, -0.2) is 23.8 Å². The summed E-state index contributed by atoms with van der Waals surface area (Å²) in [7, 11) is 1.67. The second kappa shape index (κ2) is 4.68. The summed E-state index contributed by atoms with van der Waals surface area (Å²) in [5.74, 6) is 0.174. The van der Waals surface area contributed by atoms with Crippen LogP contribution >= 0.6 is 11.3 Å². The van der Waals surface area contributed by atoms with Crippen LogP contribution in [0.3, 0.4) is 0 Å². The molecule has 2 aliphatic rings. The Morgan fingerprint density at radius 2 is 2.08 bits per heavy atom. The minimum Gasteiger partial charge on any atom is -0.369 e. The van der Waals surface area contributed by atoms with Gasteiger partial charge in [-0.15, -0.1) is 11.3 Å². The molecular formula is C18H16N4OS. The first-order chi connectivity index (χ1) is 11.4. The Labute approximate surface area is 144 Å². The largest absolute Gasteiger partial charge is 0.369 e. The second-order valence-electron chi connectivity index (χ2n) is 6.42. The molecular weight excluding hydrogens is 320 g/mol. The number of hydrogen-bond acceptors (Lipinski definition) is 5. The van der Waals surface area contributed by atoms with Gasteiger partial charge in [-0.1, -0.05) is 24.3 Å². The van der Waals surface area contributed by atoms with Crippen LogP contribution in [-0.2, 0) is 22.2 Å². The summed E-state index contributed by atoms with van der Waals surface area (Å²) in [5, 5.41) is 9.16. The quantitative estimate of drug-likeness (QED) is 0.866. The summed E-state index contributed by atoms with van der Waals surface area (Å²) < 4.78 is 0. The summed E-state index contributed by atoms with van der Waals surface area (Å²) in [6.45, 7) is 1.95. The van der Waals surface area contributed by atoms with E-state index in [0.29, 0.717) is 11.3 Å². The summed E-state index contributed by atoms with van der Waals surface area (Å²) in [6.07, 6.45) is 0.624. The number of rotatable bonds is 1. The van der Waals surface area contributed by atoms with Crippen molar-refractivity contribution in [1.29, 1.82) is 5.26 Å². The predicted octanol–water partition coefficient (Wildman–Crippen LogP) is 2.12. The average Bonchev–Trinajstić information content (AvgIpc) is 3.03. The van der Waals surface area contributed by atoms with E-state index in [4.69, 9.17) is 16.0 Å². The van der Waals surface area contributed by atoms with Crippen LogP contribution < -0.4 is 5.73 Å². The molecule has 1 aromatic heterocycles. The fourth-order valence-corrected chi connectivity index (χ4v) is 4.89. The molecule has 2 heterocycles. The van der Waals surface area contributed by atoms with Gasteiger partial charge in [0.05, 0.1) is 0 Å². The molecule has 6 heteroatoms. The Balaban J connectivity index is 2.00. The molecule has 0 saturated heterocycles. The highest BCUT2D eigenvalue weighted by molar-refractivity contribution is 7.12. The third-order valence-electron chi connectivity index (χ3n) is 5.31. The summed E-state index contributed by atoms with van der Waals surface area (Å²) in [4.78, 5) is 20.9. The van der Waals surface area contributed by atoms with E-state index < -0.39 is 11.0 Å². The number of carbonyl (C=O) groups excluding carboxylic acids is 1. The maximum atomic E-state index is 13.3. The average molecular weight is 336 g/mol. The van der Waals surface area contributed by atoms with E-state index >= 15 is 0 Å². The highest BCUT2D eigenvalue weighted by atomic mass is 32.1. The third kappa shape index (κ3) is 1.57. The number of thiophene rings is 1. The van der Waals surface area contributed by atoms with Crippen molar-refractivity contribution >= 4 is 23.2 Å². The van der Waals surface area contributed by atoms with E-state index in [1.54, 1.807) is 13.1 Å². The number of guanidine groups is 1. The van der Waals surface area contributed by atoms with Gasteiger partial charge in [0.25, 0.3) is 0 Å². The molecule has 0 radical (unpaired) electrons. The van der Waals surface area contributed by atoms with Crippen molar-refractivity contribution in [2.75, 3.05) is 7.05 Å². The summed E-state index contributed by atoms with van der Waals surface area (Å²) in [5.41, 5.74) is 6.63. The number of carbonyl (C=O) groups is 1. The Morgan fingerprint density at radius 3 is 2.75 bits per heavy atom. The molecule has 1 amide bonds. The lowest BCUT2D eigenvalue weighted by molar-refractivity contribution is -0.138. The maximum Gasteiger partial charge on any atom is 0.242 e. The number of amides is 1. The summed E-state index contributed by atoms with van der Waals surface area (Å²) >= 11 is 1.38. The molecule has 24 heavy (non-hydrogen) atoms. The number of nitrogens with two attached hydrogens (primary N) is 1. The number of fused-ring (bicyclic) bond motifs is 2. The highest BCUT2D eigenvalue weighted by Gasteiger charge is 2.65. The molecule has 2 aromatic rings. The molecule has 0 bridgehead atoms. The van der Waals surface area contributed by atoms with Crippen molar-refractivity contribution in [2.24, 2.45) is 10.7 Å². The van der Waals surface area contributed by atoms with Gasteiger partial charge in [0.15, 0.2) is 5.96 Å². The lowest BCUT2D eigenvalue weighted by Crippen LogP contribution is -2.67. The van der Waals surface area contributed by atoms with E-state index in [9.17, 15) is 4.79 Å². The van der Waals surface area contributed by atoms with E-state index in [1.165, 1.54) is 21.8 Å². The third-order valence-corrected chi connectivity index (χ3v) is 6.51. The monoisotopic (exact) mass is 336 g/mol. The van der Waals surface area contributed by atoms with Crippen molar-refractivity contribution in [3.8, 4) is 6.07 Å². The van der Waals surface area contributed by atoms with Gasteiger partial charge in [0, 0.05) is 11.9 Å². The highest BCUT2D eigenvalue weighted by Crippen LogP contribution is 2.57. The zero-order chi connectivity index (χ0) is 17.1. The van der Waals surface area contributed by atoms with Gasteiger partial charge >= 0.3 is 0 Å². The molecule has 1 aliphatic heterocycles. The molecule has 1 aromatic carbocycles. The van der Waals surface area contributed by atoms with E-state index in [-0.39, 0.29) is 11.9 Å². The number of likely N-dealkylation sites (N-methyl/N-ethyl adjacent to an activating group) is 1. The molecule has 1 unspecified atom stereocenters. The van der Waals surface area contributed by atoms with Crippen LogP contribution in [0.4, 0.5) is 0 Å². The van der Waals surface area contributed by atoms with E-state index in [1.807, 2.05) is 37.3 Å². The molecule has 120 valence electrons. The van der Waals surface area contributed by atoms with Crippen LogP contribution in [0.2, 0.25) is 0 Å². The number of benzene rings is 1. The molecule has 4 rings (SSSR count). The van der Waals surface area contributed by atoms with Crippen molar-refractivity contribution in [2.45, 2.75) is 24.3 Å². The Morgan fingerprint density at radius 1 is 1.33 bits per heavy atom. The first kappa shape index (κ1) is 14.9. The number of aliphatic imine (C=N–C) groups is 1. The van der Waals surface area contributed by atoms with E-state index in [0.717, 1.165) is 10.4 Å². The van der Waals surface area contributed by atoms with Gasteiger partial charge in [-0.2, -0.15) is 5.26 Å². The summed E-state index contributed by atoms with van der Waals surface area (Å²) in [6, 6.07) is 13.8. The van der Waals surface area contributed by atoms with Crippen molar-refractivity contribution in [3.05, 3.63) is 57.3 Å². The first-order valence-corrected chi connectivity index (χ1v) is 8.48. The number of hydrogen-bond donors (Lipinski definition) is 1. The molecule has 1 aliphatic carbocycles. The Hall–Kier alpha value is -2.65. The van der Waals surface area contributed by atoms with Crippen molar-refractivity contribution in [3.63, 3.8) is 0 Å². The van der Waals surface area contributed by atoms with Crippen molar-refractivity contribution < 1.29 is 4.79 Å². The Bertz CT molecular complexity index is 940. The van der Waals surface area contributed by atoms with Crippen LogP contribution in [0.15, 0.2) is 41.4 Å². The van der Waals surface area contributed by atoms with Gasteiger partial charge in [-0.25, -0.2) is 4.99 Å². The molecule has 2 atom stereocenters.